The third-order valence-corrected chi connectivity index (χ3v) is 8.43. The van der Waals surface area contributed by atoms with Crippen LogP contribution in [0.4, 0.5) is 0 Å². The number of carbonyl (C=O) groups is 1. The van der Waals surface area contributed by atoms with Crippen molar-refractivity contribution in [2.24, 2.45) is 5.92 Å². The molecule has 7 heteroatoms. The third kappa shape index (κ3) is 6.32. The molecule has 0 amide bonds. The lowest BCUT2D eigenvalue weighted by Crippen LogP contribution is -2.42. The maximum absolute atomic E-state index is 13.0. The summed E-state index contributed by atoms with van der Waals surface area (Å²) < 4.78 is 11.4. The molecule has 1 aromatic carbocycles. The molecule has 1 aliphatic carbocycles. The van der Waals surface area contributed by atoms with Crippen molar-refractivity contribution in [1.29, 1.82) is 0 Å². The zero-order valence-electron chi connectivity index (χ0n) is 22.9. The van der Waals surface area contributed by atoms with Crippen LogP contribution in [0.25, 0.3) is 0 Å². The Labute approximate surface area is 226 Å². The number of hydrogen-bond acceptors (Lipinski definition) is 7. The molecule has 3 aromatic rings. The molecule has 2 aliphatic rings. The van der Waals surface area contributed by atoms with E-state index in [1.165, 1.54) is 31.2 Å². The highest BCUT2D eigenvalue weighted by Gasteiger charge is 2.34. The molecule has 5 rings (SSSR count). The molecule has 0 bridgehead atoms. The second kappa shape index (κ2) is 12.2. The number of carbonyl (C=O) groups excluding carboxylic acids is 1. The fourth-order valence-corrected chi connectivity index (χ4v) is 6.13. The Hall–Kier alpha value is -3.06. The first-order valence-corrected chi connectivity index (χ1v) is 14.2. The molecule has 2 fully saturated rings. The number of nitrogens with zero attached hydrogens (tertiary/aromatic N) is 4. The lowest BCUT2D eigenvalue weighted by atomic mass is 9.81. The first-order chi connectivity index (χ1) is 18.5. The zero-order valence-corrected chi connectivity index (χ0v) is 22.9. The van der Waals surface area contributed by atoms with Gasteiger partial charge in [0.25, 0.3) is 0 Å². The van der Waals surface area contributed by atoms with E-state index in [0.717, 1.165) is 43.0 Å². The molecule has 1 saturated carbocycles. The number of ether oxygens (including phenoxy) is 1. The van der Waals surface area contributed by atoms with Crippen molar-refractivity contribution in [3.05, 3.63) is 77.2 Å². The van der Waals surface area contributed by atoms with E-state index in [-0.39, 0.29) is 18.5 Å². The molecule has 0 radical (unpaired) electrons. The van der Waals surface area contributed by atoms with Crippen molar-refractivity contribution >= 4 is 5.97 Å². The SMILES string of the molecule is Cc1ncc(C2CCN(C3CCC(c4cc(C(C(=O)OCc5ccccc5)C(C)C)on4)CC3)CC2)cn1. The molecule has 38 heavy (non-hydrogen) atoms. The molecular weight excluding hydrogens is 476 g/mol. The summed E-state index contributed by atoms with van der Waals surface area (Å²) in [6.45, 7) is 8.54. The minimum atomic E-state index is -0.448. The summed E-state index contributed by atoms with van der Waals surface area (Å²) >= 11 is 0. The van der Waals surface area contributed by atoms with Crippen LogP contribution in [0.3, 0.4) is 0 Å². The van der Waals surface area contributed by atoms with Crippen molar-refractivity contribution < 1.29 is 14.1 Å². The van der Waals surface area contributed by atoms with Gasteiger partial charge in [-0.25, -0.2) is 9.97 Å². The number of likely N-dealkylation sites (tertiary alicyclic amines) is 1. The number of hydrogen-bond donors (Lipinski definition) is 0. The first kappa shape index (κ1) is 26.5. The Morgan fingerprint density at radius 2 is 1.68 bits per heavy atom. The molecule has 0 spiro atoms. The fourth-order valence-electron chi connectivity index (χ4n) is 6.13. The minimum Gasteiger partial charge on any atom is -0.460 e. The van der Waals surface area contributed by atoms with Gasteiger partial charge in [0.05, 0.1) is 5.69 Å². The molecule has 202 valence electrons. The summed E-state index contributed by atoms with van der Waals surface area (Å²) in [5.41, 5.74) is 3.24. The average molecular weight is 517 g/mol. The van der Waals surface area contributed by atoms with Gasteiger partial charge in [0.2, 0.25) is 0 Å². The maximum Gasteiger partial charge on any atom is 0.317 e. The van der Waals surface area contributed by atoms with Gasteiger partial charge < -0.3 is 14.2 Å². The van der Waals surface area contributed by atoms with Gasteiger partial charge in [0.15, 0.2) is 5.76 Å². The Balaban J connectivity index is 1.12. The lowest BCUT2D eigenvalue weighted by molar-refractivity contribution is -0.148. The van der Waals surface area contributed by atoms with Crippen molar-refractivity contribution in [2.75, 3.05) is 13.1 Å². The van der Waals surface area contributed by atoms with Gasteiger partial charge in [0, 0.05) is 30.4 Å². The van der Waals surface area contributed by atoms with E-state index < -0.39 is 5.92 Å². The molecule has 1 atom stereocenters. The Bertz CT molecular complexity index is 1160. The van der Waals surface area contributed by atoms with Crippen LogP contribution >= 0.6 is 0 Å². The number of aryl methyl sites for hydroxylation is 1. The lowest BCUT2D eigenvalue weighted by Gasteiger charge is -2.40. The molecule has 1 aliphatic heterocycles. The van der Waals surface area contributed by atoms with Crippen LogP contribution in [0.15, 0.2) is 53.3 Å². The van der Waals surface area contributed by atoms with Crippen molar-refractivity contribution in [1.82, 2.24) is 20.0 Å². The summed E-state index contributed by atoms with van der Waals surface area (Å²) in [6, 6.07) is 12.4. The quantitative estimate of drug-likeness (QED) is 0.332. The van der Waals surface area contributed by atoms with E-state index in [2.05, 4.69) is 20.0 Å². The topological polar surface area (TPSA) is 81.4 Å². The van der Waals surface area contributed by atoms with Crippen LogP contribution in [-0.4, -0.2) is 45.1 Å². The molecule has 1 unspecified atom stereocenters. The Kier molecular flexibility index (Phi) is 8.52. The van der Waals surface area contributed by atoms with E-state index >= 15 is 0 Å². The molecule has 1 saturated heterocycles. The molecule has 0 N–H and O–H groups in total. The molecule has 7 nitrogen and oxygen atoms in total. The van der Waals surface area contributed by atoms with Crippen LogP contribution in [-0.2, 0) is 16.1 Å². The van der Waals surface area contributed by atoms with Gasteiger partial charge >= 0.3 is 5.97 Å². The number of piperidine rings is 1. The Morgan fingerprint density at radius 1 is 1.00 bits per heavy atom. The van der Waals surface area contributed by atoms with Crippen LogP contribution in [0.1, 0.15) is 98.5 Å². The van der Waals surface area contributed by atoms with E-state index in [1.807, 2.05) is 69.6 Å². The second-order valence-corrected chi connectivity index (χ2v) is 11.3. The van der Waals surface area contributed by atoms with Crippen LogP contribution in [0.5, 0.6) is 0 Å². The van der Waals surface area contributed by atoms with Crippen molar-refractivity contribution in [3.63, 3.8) is 0 Å². The predicted molar refractivity (Wildman–Crippen MR) is 146 cm³/mol. The molecular formula is C31H40N4O3. The number of aromatic nitrogens is 3. The number of rotatable bonds is 8. The molecule has 2 aromatic heterocycles. The van der Waals surface area contributed by atoms with E-state index in [0.29, 0.717) is 23.6 Å². The summed E-state index contributed by atoms with van der Waals surface area (Å²) in [6.07, 6.45) is 10.9. The maximum atomic E-state index is 13.0. The normalized spacial score (nSPS) is 21.9. The van der Waals surface area contributed by atoms with Gasteiger partial charge in [-0.05, 0) is 81.5 Å². The van der Waals surface area contributed by atoms with Crippen LogP contribution in [0.2, 0.25) is 0 Å². The summed E-state index contributed by atoms with van der Waals surface area (Å²) in [5.74, 6) is 1.78. The van der Waals surface area contributed by atoms with Gasteiger partial charge in [-0.1, -0.05) is 49.3 Å². The predicted octanol–water partition coefficient (Wildman–Crippen LogP) is 6.16. The highest BCUT2D eigenvalue weighted by Crippen LogP contribution is 2.38. The minimum absolute atomic E-state index is 0.0595. The zero-order chi connectivity index (χ0) is 26.5. The van der Waals surface area contributed by atoms with Crippen LogP contribution in [0, 0.1) is 12.8 Å². The fraction of sp³-hybridized carbons (Fsp3) is 0.548. The van der Waals surface area contributed by atoms with Crippen molar-refractivity contribution in [3.8, 4) is 0 Å². The van der Waals surface area contributed by atoms with Gasteiger partial charge in [-0.2, -0.15) is 0 Å². The Morgan fingerprint density at radius 3 is 2.34 bits per heavy atom. The standard InChI is InChI=1S/C31H40N4O3/c1-21(2)30(31(36)37-20-23-7-5-4-6-8-23)29-17-28(34-38-29)25-9-11-27(12-10-25)35-15-13-24(14-16-35)26-18-32-22(3)33-19-26/h4-8,17-19,21,24-25,27,30H,9-16,20H2,1-3H3. The monoisotopic (exact) mass is 516 g/mol. The highest BCUT2D eigenvalue weighted by atomic mass is 16.5. The molecule has 3 heterocycles. The summed E-state index contributed by atoms with van der Waals surface area (Å²) in [4.78, 5) is 24.4. The summed E-state index contributed by atoms with van der Waals surface area (Å²) in [5, 5.41) is 4.42. The van der Waals surface area contributed by atoms with Gasteiger partial charge in [0.1, 0.15) is 18.3 Å². The van der Waals surface area contributed by atoms with Crippen molar-refractivity contribution in [2.45, 2.75) is 89.7 Å². The number of benzene rings is 1. The third-order valence-electron chi connectivity index (χ3n) is 8.43. The van der Waals surface area contributed by atoms with Gasteiger partial charge in [-0.15, -0.1) is 0 Å². The highest BCUT2D eigenvalue weighted by molar-refractivity contribution is 5.77. The second-order valence-electron chi connectivity index (χ2n) is 11.3. The van der Waals surface area contributed by atoms with E-state index in [4.69, 9.17) is 9.26 Å². The smallest absolute Gasteiger partial charge is 0.317 e. The first-order valence-electron chi connectivity index (χ1n) is 14.2. The van der Waals surface area contributed by atoms with Gasteiger partial charge in [-0.3, -0.25) is 4.79 Å². The van der Waals surface area contributed by atoms with Crippen LogP contribution < -0.4 is 0 Å². The average Bonchev–Trinajstić information content (AvgIpc) is 3.42. The summed E-state index contributed by atoms with van der Waals surface area (Å²) in [7, 11) is 0. The van der Waals surface area contributed by atoms with E-state index in [1.54, 1.807) is 0 Å². The van der Waals surface area contributed by atoms with E-state index in [9.17, 15) is 4.79 Å². The largest absolute Gasteiger partial charge is 0.460 e. The number of esters is 1.